The first-order valence-electron chi connectivity index (χ1n) is 17.8. The fraction of sp³-hybridized carbons (Fsp3) is 0.784. The maximum Gasteiger partial charge on any atom is 0.306 e. The molecule has 4 aliphatic carbocycles. The van der Waals surface area contributed by atoms with E-state index in [0.717, 1.165) is 32.1 Å². The van der Waals surface area contributed by atoms with Gasteiger partial charge in [-0.2, -0.15) is 0 Å². The Balaban J connectivity index is 1.20. The molecule has 0 aromatic rings. The summed E-state index contributed by atoms with van der Waals surface area (Å²) in [6, 6.07) is -0.597. The number of aliphatic carboxylic acids is 1. The number of carbonyl (C=O) groups is 6. The lowest BCUT2D eigenvalue weighted by molar-refractivity contribution is -0.191. The summed E-state index contributed by atoms with van der Waals surface area (Å²) in [4.78, 5) is 75.9. The highest BCUT2D eigenvalue weighted by Crippen LogP contribution is 2.68. The van der Waals surface area contributed by atoms with E-state index in [1.807, 2.05) is 19.9 Å². The third kappa shape index (κ3) is 6.98. The molecule has 5 aliphatic rings. The Morgan fingerprint density at radius 3 is 2.40 bits per heavy atom. The number of carboxylic acid groups (broad SMARTS) is 1. The highest BCUT2D eigenvalue weighted by Gasteiger charge is 2.68. The van der Waals surface area contributed by atoms with E-state index in [9.17, 15) is 33.9 Å². The molecule has 1 heterocycles. The summed E-state index contributed by atoms with van der Waals surface area (Å²) < 4.78 is 17.1. The first kappa shape index (κ1) is 36.2. The number of Topliss-reactive ketones (excluding diaryl/α,β-unsaturated/α-hetero) is 1. The van der Waals surface area contributed by atoms with Crippen LogP contribution in [-0.2, 0) is 43.0 Å². The summed E-state index contributed by atoms with van der Waals surface area (Å²) in [6.07, 6.45) is 8.19. The van der Waals surface area contributed by atoms with Crippen LogP contribution in [0.3, 0.4) is 0 Å². The van der Waals surface area contributed by atoms with Gasteiger partial charge in [-0.05, 0) is 107 Å². The van der Waals surface area contributed by atoms with E-state index in [4.69, 9.17) is 14.2 Å². The monoisotopic (exact) mass is 671 g/mol. The molecule has 3 saturated carbocycles. The van der Waals surface area contributed by atoms with Crippen LogP contribution in [0, 0.1) is 34.5 Å². The second kappa shape index (κ2) is 13.7. The molecular formula is C37H53NO10. The van der Waals surface area contributed by atoms with Gasteiger partial charge in [0.15, 0.2) is 18.0 Å². The van der Waals surface area contributed by atoms with Crippen LogP contribution in [0.1, 0.15) is 118 Å². The Morgan fingerprint density at radius 2 is 1.71 bits per heavy atom. The van der Waals surface area contributed by atoms with Crippen molar-refractivity contribution in [3.05, 3.63) is 11.6 Å². The van der Waals surface area contributed by atoms with E-state index >= 15 is 0 Å². The van der Waals surface area contributed by atoms with Gasteiger partial charge in [-0.15, -0.1) is 0 Å². The maximum atomic E-state index is 14.0. The van der Waals surface area contributed by atoms with Crippen molar-refractivity contribution >= 4 is 35.4 Å². The van der Waals surface area contributed by atoms with Crippen molar-refractivity contribution in [1.29, 1.82) is 0 Å². The van der Waals surface area contributed by atoms with Gasteiger partial charge in [0.25, 0.3) is 0 Å². The summed E-state index contributed by atoms with van der Waals surface area (Å²) in [5.74, 6) is -2.20. The van der Waals surface area contributed by atoms with Crippen LogP contribution >= 0.6 is 0 Å². The fourth-order valence-electron chi connectivity index (χ4n) is 10.5. The van der Waals surface area contributed by atoms with Gasteiger partial charge in [-0.3, -0.25) is 28.8 Å². The van der Waals surface area contributed by atoms with Crippen molar-refractivity contribution in [3.8, 4) is 0 Å². The molecule has 11 heteroatoms. The van der Waals surface area contributed by atoms with Gasteiger partial charge in [-0.25, -0.2) is 0 Å². The first-order valence-corrected chi connectivity index (χ1v) is 17.8. The minimum atomic E-state index is -1.41. The molecule has 266 valence electrons. The Kier molecular flexibility index (Phi) is 10.3. The molecule has 48 heavy (non-hydrogen) atoms. The van der Waals surface area contributed by atoms with Crippen molar-refractivity contribution in [2.75, 3.05) is 13.2 Å². The van der Waals surface area contributed by atoms with Crippen molar-refractivity contribution in [2.45, 2.75) is 135 Å². The number of ketones is 2. The Labute approximate surface area is 283 Å². The van der Waals surface area contributed by atoms with Crippen LogP contribution in [0.4, 0.5) is 0 Å². The molecule has 0 aromatic heterocycles. The number of nitrogens with one attached hydrogen (secondary N) is 1. The number of rotatable bonds is 11. The van der Waals surface area contributed by atoms with E-state index < -0.39 is 58.9 Å². The average molecular weight is 672 g/mol. The summed E-state index contributed by atoms with van der Waals surface area (Å²) in [5.41, 5.74) is -1.23. The predicted molar refractivity (Wildman–Crippen MR) is 173 cm³/mol. The minimum absolute atomic E-state index is 0.0360. The topological polar surface area (TPSA) is 162 Å². The zero-order valence-corrected chi connectivity index (χ0v) is 29.2. The largest absolute Gasteiger partial charge is 0.481 e. The number of allylic oxidation sites excluding steroid dienone is 1. The van der Waals surface area contributed by atoms with Crippen LogP contribution < -0.4 is 5.32 Å². The molecule has 0 aromatic carbocycles. The predicted octanol–water partition coefficient (Wildman–Crippen LogP) is 4.88. The molecule has 2 N–H and O–H groups in total. The van der Waals surface area contributed by atoms with E-state index in [1.54, 1.807) is 0 Å². The fourth-order valence-corrected chi connectivity index (χ4v) is 10.5. The van der Waals surface area contributed by atoms with Crippen LogP contribution in [-0.4, -0.2) is 70.9 Å². The number of ether oxygens (including phenoxy) is 3. The van der Waals surface area contributed by atoms with Crippen molar-refractivity contribution in [2.24, 2.45) is 34.5 Å². The van der Waals surface area contributed by atoms with Crippen molar-refractivity contribution in [1.82, 2.24) is 5.32 Å². The zero-order valence-electron chi connectivity index (χ0n) is 29.2. The van der Waals surface area contributed by atoms with Crippen LogP contribution in [0.5, 0.6) is 0 Å². The van der Waals surface area contributed by atoms with Gasteiger partial charge in [0.1, 0.15) is 0 Å². The lowest BCUT2D eigenvalue weighted by Gasteiger charge is -2.59. The number of carbonyl (C=O) groups excluding carboxylic acids is 5. The lowest BCUT2D eigenvalue weighted by atomic mass is 9.46. The second-order valence-corrected chi connectivity index (χ2v) is 16.1. The standard InChI is InChI=1S/C37H53NO10/c1-22(39)48-37(16-12-28-26-7-6-24-18-25(40)10-14-35(24,4)27(26)11-15-36(28,37)5)30(41)21-46-33(45)9-8-31(42)38-29(19-32(43)44)23-13-17-47-34(2,3)20-23/h18,23,26-29H,6-17,19-21H2,1-5H3,(H,38,42)(H,43,44)/t23?,26-,27+,28+,29?,35+,36+,37+/m1/s1. The van der Waals surface area contributed by atoms with Gasteiger partial charge in [0.2, 0.25) is 11.7 Å². The van der Waals surface area contributed by atoms with E-state index in [1.165, 1.54) is 12.5 Å². The molecule has 1 amide bonds. The average Bonchev–Trinajstić information content (AvgIpc) is 3.30. The molecule has 1 saturated heterocycles. The molecule has 4 fully saturated rings. The SMILES string of the molecule is CC(=O)O[C@]1(C(=O)COC(=O)CCC(=O)NC(CC(=O)O)C2CCOC(C)(C)C2)CC[C@H]2[C@@H]3CCC4=CC(=O)CC[C@]4(C)[C@H]3CC[C@@]21C. The highest BCUT2D eigenvalue weighted by molar-refractivity contribution is 5.93. The molecule has 1 aliphatic heterocycles. The highest BCUT2D eigenvalue weighted by atomic mass is 16.6. The summed E-state index contributed by atoms with van der Waals surface area (Å²) in [6.45, 7) is 9.43. The molecular weight excluding hydrogens is 618 g/mol. The zero-order chi connectivity index (χ0) is 35.1. The van der Waals surface area contributed by atoms with E-state index in [-0.39, 0.29) is 42.3 Å². The van der Waals surface area contributed by atoms with Crippen LogP contribution in [0.2, 0.25) is 0 Å². The summed E-state index contributed by atoms with van der Waals surface area (Å²) >= 11 is 0. The first-order chi connectivity index (χ1) is 22.5. The number of esters is 2. The van der Waals surface area contributed by atoms with Gasteiger partial charge in [0.05, 0.1) is 18.4 Å². The molecule has 0 bridgehead atoms. The third-order valence-electron chi connectivity index (χ3n) is 12.8. The number of amides is 1. The van der Waals surface area contributed by atoms with Crippen LogP contribution in [0.25, 0.3) is 0 Å². The number of carboxylic acids is 1. The van der Waals surface area contributed by atoms with Crippen molar-refractivity contribution < 1.29 is 48.1 Å². The van der Waals surface area contributed by atoms with Gasteiger partial charge < -0.3 is 24.6 Å². The second-order valence-electron chi connectivity index (χ2n) is 16.1. The normalized spacial score (nSPS) is 35.9. The van der Waals surface area contributed by atoms with Crippen molar-refractivity contribution in [3.63, 3.8) is 0 Å². The molecule has 8 atom stereocenters. The van der Waals surface area contributed by atoms with E-state index in [0.29, 0.717) is 50.5 Å². The molecule has 11 nitrogen and oxygen atoms in total. The molecule has 5 rings (SSSR count). The summed E-state index contributed by atoms with van der Waals surface area (Å²) in [5, 5.41) is 12.2. The quantitative estimate of drug-likeness (QED) is 0.290. The minimum Gasteiger partial charge on any atom is -0.481 e. The smallest absolute Gasteiger partial charge is 0.306 e. The van der Waals surface area contributed by atoms with Gasteiger partial charge >= 0.3 is 17.9 Å². The number of fused-ring (bicyclic) bond motifs is 5. The summed E-state index contributed by atoms with van der Waals surface area (Å²) in [7, 11) is 0. The van der Waals surface area contributed by atoms with Gasteiger partial charge in [-0.1, -0.05) is 19.4 Å². The van der Waals surface area contributed by atoms with Gasteiger partial charge in [0, 0.05) is 37.8 Å². The maximum absolute atomic E-state index is 14.0. The lowest BCUT2D eigenvalue weighted by Crippen LogP contribution is -2.59. The Hall–Kier alpha value is -3.08. The molecule has 2 unspecified atom stereocenters. The van der Waals surface area contributed by atoms with Crippen LogP contribution in [0.15, 0.2) is 11.6 Å². The third-order valence-corrected chi connectivity index (χ3v) is 12.8. The molecule has 0 spiro atoms. The number of hydrogen-bond donors (Lipinski definition) is 2. The molecule has 0 radical (unpaired) electrons. The van der Waals surface area contributed by atoms with E-state index in [2.05, 4.69) is 19.2 Å². The Bertz CT molecular complexity index is 1370. The number of hydrogen-bond acceptors (Lipinski definition) is 9. The Morgan fingerprint density at radius 1 is 0.979 bits per heavy atom.